The highest BCUT2D eigenvalue weighted by Crippen LogP contribution is 2.60. The van der Waals surface area contributed by atoms with E-state index in [1.165, 1.54) is 15.2 Å². The molecule has 2 aliphatic rings. The molecule has 5 heteroatoms. The van der Waals surface area contributed by atoms with Gasteiger partial charge in [0.05, 0.1) is 6.10 Å². The van der Waals surface area contributed by atoms with Crippen LogP contribution in [-0.2, 0) is 9.47 Å². The normalized spacial score (nSPS) is 29.3. The Labute approximate surface area is 162 Å². The van der Waals surface area contributed by atoms with Crippen molar-refractivity contribution in [2.24, 2.45) is 5.41 Å². The maximum atomic E-state index is 12.2. The van der Waals surface area contributed by atoms with Gasteiger partial charge in [0.15, 0.2) is 11.7 Å². The van der Waals surface area contributed by atoms with Gasteiger partial charge in [-0.3, -0.25) is 0 Å². The molecule has 1 N–H and O–H groups in total. The molecule has 1 aromatic carbocycles. The minimum atomic E-state index is -0.824. The Bertz CT molecular complexity index is 752. The van der Waals surface area contributed by atoms with Gasteiger partial charge < -0.3 is 14.6 Å². The number of hydrogen-bond donors (Lipinski definition) is 1. The number of ether oxygens (including phenoxy) is 2. The molecule has 1 aromatic rings. The van der Waals surface area contributed by atoms with Gasteiger partial charge in [-0.2, -0.15) is 0 Å². The van der Waals surface area contributed by atoms with E-state index in [-0.39, 0.29) is 5.41 Å². The Hall–Kier alpha value is -1.34. The fraction of sp³-hybridized carbons (Fsp3) is 0.450. The number of aliphatic hydroxyl groups excluding tert-OH is 1. The molecule has 0 saturated carbocycles. The van der Waals surface area contributed by atoms with Crippen LogP contribution in [0.3, 0.4) is 0 Å². The van der Waals surface area contributed by atoms with E-state index in [0.29, 0.717) is 12.0 Å². The van der Waals surface area contributed by atoms with Crippen LogP contribution in [0.5, 0.6) is 0 Å². The summed E-state index contributed by atoms with van der Waals surface area (Å²) in [7, 11) is 0. The highest BCUT2D eigenvalue weighted by Gasteiger charge is 2.63. The van der Waals surface area contributed by atoms with E-state index in [2.05, 4.69) is 49.9 Å². The Morgan fingerprint density at radius 1 is 1.40 bits per heavy atom. The Kier molecular flexibility index (Phi) is 4.75. The van der Waals surface area contributed by atoms with E-state index < -0.39 is 24.0 Å². The number of carbonyl (C=O) groups excluding carboxylic acids is 1. The van der Waals surface area contributed by atoms with E-state index in [4.69, 9.17) is 9.47 Å². The summed E-state index contributed by atoms with van der Waals surface area (Å²) in [4.78, 5) is 12.2. The lowest BCUT2D eigenvalue weighted by molar-refractivity contribution is -0.0638. The molecule has 0 radical (unpaired) electrons. The third-order valence-electron chi connectivity index (χ3n) is 5.58. The van der Waals surface area contributed by atoms with Crippen LogP contribution in [0.1, 0.15) is 56.9 Å². The third kappa shape index (κ3) is 2.72. The van der Waals surface area contributed by atoms with Crippen molar-refractivity contribution in [2.75, 3.05) is 0 Å². The van der Waals surface area contributed by atoms with Gasteiger partial charge in [0.25, 0.3) is 0 Å². The SMILES string of the molecule is C=C[C@@H](O)c1ccccc1[C@@H]1OC(=O)O[C@]12CCC(C)=C(I)C2(C)C. The van der Waals surface area contributed by atoms with Crippen LogP contribution in [-0.4, -0.2) is 16.9 Å². The van der Waals surface area contributed by atoms with Gasteiger partial charge >= 0.3 is 6.16 Å². The fourth-order valence-corrected chi connectivity index (χ4v) is 4.76. The summed E-state index contributed by atoms with van der Waals surface area (Å²) in [5.74, 6) is 0. The number of aliphatic hydroxyl groups is 1. The standard InChI is InChI=1S/C20H23IO4/c1-5-15(22)13-8-6-7-9-14(13)17-20(25-18(23)24-17)11-10-12(2)16(21)19(20,3)4/h5-9,15,17,22H,1,10-11H2,2-4H3/t15-,17+,20-/m1/s1. The molecule has 25 heavy (non-hydrogen) atoms. The average molecular weight is 454 g/mol. The monoisotopic (exact) mass is 454 g/mol. The number of cyclic esters (lactones) is 1. The molecule has 1 aliphatic heterocycles. The lowest BCUT2D eigenvalue weighted by Crippen LogP contribution is -2.51. The van der Waals surface area contributed by atoms with E-state index in [1.807, 2.05) is 24.3 Å². The zero-order valence-electron chi connectivity index (χ0n) is 14.7. The summed E-state index contributed by atoms with van der Waals surface area (Å²) >= 11 is 2.36. The van der Waals surface area contributed by atoms with Gasteiger partial charge in [0.2, 0.25) is 0 Å². The van der Waals surface area contributed by atoms with E-state index in [9.17, 15) is 9.90 Å². The predicted molar refractivity (Wildman–Crippen MR) is 104 cm³/mol. The van der Waals surface area contributed by atoms with Gasteiger partial charge in [0, 0.05) is 11.0 Å². The molecule has 3 rings (SSSR count). The first kappa shape index (κ1) is 18.5. The van der Waals surface area contributed by atoms with Crippen molar-refractivity contribution < 1.29 is 19.4 Å². The van der Waals surface area contributed by atoms with Crippen molar-refractivity contribution in [3.8, 4) is 0 Å². The van der Waals surface area contributed by atoms with Crippen molar-refractivity contribution in [2.45, 2.75) is 51.4 Å². The van der Waals surface area contributed by atoms with Crippen molar-refractivity contribution in [3.63, 3.8) is 0 Å². The molecule has 1 aliphatic carbocycles. The van der Waals surface area contributed by atoms with Crippen LogP contribution in [0.2, 0.25) is 0 Å². The number of carbonyl (C=O) groups is 1. The molecular weight excluding hydrogens is 431 g/mol. The first-order valence-electron chi connectivity index (χ1n) is 8.39. The molecular formula is C20H23IO4. The van der Waals surface area contributed by atoms with Crippen molar-refractivity contribution >= 4 is 28.7 Å². The van der Waals surface area contributed by atoms with Crippen LogP contribution < -0.4 is 0 Å². The molecule has 0 amide bonds. The lowest BCUT2D eigenvalue weighted by Gasteiger charge is -2.48. The largest absolute Gasteiger partial charge is 0.509 e. The molecule has 0 aromatic heterocycles. The molecule has 1 heterocycles. The second-order valence-corrected chi connectivity index (χ2v) is 8.35. The van der Waals surface area contributed by atoms with Crippen LogP contribution >= 0.6 is 22.6 Å². The first-order valence-corrected chi connectivity index (χ1v) is 9.47. The molecule has 1 fully saturated rings. The quantitative estimate of drug-likeness (QED) is 0.379. The van der Waals surface area contributed by atoms with E-state index in [0.717, 1.165) is 12.0 Å². The maximum Gasteiger partial charge on any atom is 0.509 e. The molecule has 0 bridgehead atoms. The number of allylic oxidation sites excluding steroid dienone is 1. The van der Waals surface area contributed by atoms with Gasteiger partial charge in [0.1, 0.15) is 0 Å². The summed E-state index contributed by atoms with van der Waals surface area (Å²) in [6.45, 7) is 9.99. The summed E-state index contributed by atoms with van der Waals surface area (Å²) in [5.41, 5.74) is 1.60. The molecule has 4 nitrogen and oxygen atoms in total. The lowest BCUT2D eigenvalue weighted by atomic mass is 9.63. The van der Waals surface area contributed by atoms with Gasteiger partial charge in [-0.25, -0.2) is 4.79 Å². The summed E-state index contributed by atoms with van der Waals surface area (Å²) in [6.07, 6.45) is 0.969. The number of hydrogen-bond acceptors (Lipinski definition) is 4. The zero-order chi connectivity index (χ0) is 18.4. The molecule has 0 unspecified atom stereocenters. The fourth-order valence-electron chi connectivity index (χ4n) is 4.03. The third-order valence-corrected chi connectivity index (χ3v) is 7.85. The van der Waals surface area contributed by atoms with Crippen LogP contribution in [0.25, 0.3) is 0 Å². The maximum absolute atomic E-state index is 12.2. The summed E-state index contributed by atoms with van der Waals surface area (Å²) < 4.78 is 12.7. The smallest absolute Gasteiger partial charge is 0.422 e. The molecule has 3 atom stereocenters. The Balaban J connectivity index is 2.17. The Morgan fingerprint density at radius 2 is 2.08 bits per heavy atom. The van der Waals surface area contributed by atoms with E-state index >= 15 is 0 Å². The number of benzene rings is 1. The van der Waals surface area contributed by atoms with Gasteiger partial charge in [-0.15, -0.1) is 6.58 Å². The van der Waals surface area contributed by atoms with Gasteiger partial charge in [-0.1, -0.05) is 49.8 Å². The highest BCUT2D eigenvalue weighted by atomic mass is 127. The first-order chi connectivity index (χ1) is 11.7. The second kappa shape index (κ2) is 6.43. The van der Waals surface area contributed by atoms with Crippen LogP contribution in [0, 0.1) is 5.41 Å². The summed E-state index contributed by atoms with van der Waals surface area (Å²) in [5, 5.41) is 10.3. The Morgan fingerprint density at radius 3 is 2.76 bits per heavy atom. The van der Waals surface area contributed by atoms with Gasteiger partial charge in [-0.05, 0) is 51.5 Å². The topological polar surface area (TPSA) is 55.8 Å². The zero-order valence-corrected chi connectivity index (χ0v) is 16.9. The second-order valence-electron chi connectivity index (χ2n) is 7.27. The number of halogens is 1. The highest BCUT2D eigenvalue weighted by molar-refractivity contribution is 14.1. The molecule has 1 spiro atoms. The van der Waals surface area contributed by atoms with Crippen molar-refractivity contribution in [1.29, 1.82) is 0 Å². The minimum Gasteiger partial charge on any atom is -0.422 e. The predicted octanol–water partition coefficient (Wildman–Crippen LogP) is 5.38. The van der Waals surface area contributed by atoms with E-state index in [1.54, 1.807) is 0 Å². The van der Waals surface area contributed by atoms with Crippen LogP contribution in [0.4, 0.5) is 4.79 Å². The molecule has 1 saturated heterocycles. The minimum absolute atomic E-state index is 0.390. The van der Waals surface area contributed by atoms with Crippen molar-refractivity contribution in [3.05, 3.63) is 57.2 Å². The number of rotatable bonds is 3. The van der Waals surface area contributed by atoms with Crippen molar-refractivity contribution in [1.82, 2.24) is 0 Å². The average Bonchev–Trinajstić information content (AvgIpc) is 2.94. The van der Waals surface area contributed by atoms with Crippen LogP contribution in [0.15, 0.2) is 46.1 Å². The molecule has 134 valence electrons. The summed E-state index contributed by atoms with van der Waals surface area (Å²) in [6, 6.07) is 7.47.